The summed E-state index contributed by atoms with van der Waals surface area (Å²) in [6, 6.07) is 0.0409. The zero-order chi connectivity index (χ0) is 14.8. The first-order valence-electron chi connectivity index (χ1n) is 4.91. The topological polar surface area (TPSA) is 39.2 Å². The number of rotatable bonds is 3. The summed E-state index contributed by atoms with van der Waals surface area (Å²) in [6.45, 7) is 1.08. The number of carbonyl (C=O) groups is 1. The number of hydrogen-bond acceptors (Lipinski definition) is 3. The number of carbonyl (C=O) groups excluding carboxylic acids is 1. The van der Waals surface area contributed by atoms with E-state index in [-0.39, 0.29) is 12.7 Å². The number of aromatic nitrogens is 1. The molecule has 0 aliphatic rings. The van der Waals surface area contributed by atoms with E-state index >= 15 is 0 Å². The Bertz CT molecular complexity index is 486. The molecule has 1 heterocycles. The second-order valence-electron chi connectivity index (χ2n) is 3.27. The standard InChI is InChI=1S/C10H7F6NO2/c1-2-19-9(18)4-3-5(10(14,15)16)17-7(6(4)11)8(12)13/h3,8H,2H2,1H3. The molecule has 0 amide bonds. The largest absolute Gasteiger partial charge is 0.462 e. The molecule has 1 aromatic heterocycles. The molecule has 0 N–H and O–H groups in total. The van der Waals surface area contributed by atoms with Crippen LogP contribution >= 0.6 is 0 Å². The number of nitrogens with zero attached hydrogens (tertiary/aromatic N) is 1. The van der Waals surface area contributed by atoms with Gasteiger partial charge in [0.05, 0.1) is 12.2 Å². The molecule has 0 atom stereocenters. The smallest absolute Gasteiger partial charge is 0.433 e. The van der Waals surface area contributed by atoms with Crippen molar-refractivity contribution in [1.29, 1.82) is 0 Å². The number of halogens is 6. The van der Waals surface area contributed by atoms with Gasteiger partial charge in [-0.3, -0.25) is 0 Å². The normalized spacial score (nSPS) is 11.8. The predicted octanol–water partition coefficient (Wildman–Crippen LogP) is 3.35. The molecular formula is C10H7F6NO2. The van der Waals surface area contributed by atoms with E-state index in [4.69, 9.17) is 0 Å². The van der Waals surface area contributed by atoms with Crippen LogP contribution in [0.4, 0.5) is 26.3 Å². The van der Waals surface area contributed by atoms with Gasteiger partial charge < -0.3 is 4.74 Å². The predicted molar refractivity (Wildman–Crippen MR) is 50.1 cm³/mol. The number of alkyl halides is 5. The molecule has 3 nitrogen and oxygen atoms in total. The third-order valence-corrected chi connectivity index (χ3v) is 1.98. The third kappa shape index (κ3) is 3.36. The highest BCUT2D eigenvalue weighted by molar-refractivity contribution is 5.90. The van der Waals surface area contributed by atoms with Gasteiger partial charge in [-0.1, -0.05) is 0 Å². The molecule has 1 aromatic rings. The molecule has 0 radical (unpaired) electrons. The molecule has 9 heteroatoms. The van der Waals surface area contributed by atoms with Gasteiger partial charge in [0, 0.05) is 0 Å². The molecule has 0 unspecified atom stereocenters. The first kappa shape index (κ1) is 15.3. The lowest BCUT2D eigenvalue weighted by Crippen LogP contribution is -2.17. The second-order valence-corrected chi connectivity index (χ2v) is 3.27. The Morgan fingerprint density at radius 3 is 2.42 bits per heavy atom. The van der Waals surface area contributed by atoms with E-state index in [1.165, 1.54) is 6.92 Å². The van der Waals surface area contributed by atoms with E-state index in [0.29, 0.717) is 0 Å². The van der Waals surface area contributed by atoms with E-state index in [0.717, 1.165) is 0 Å². The average molecular weight is 287 g/mol. The van der Waals surface area contributed by atoms with E-state index in [1.807, 2.05) is 0 Å². The van der Waals surface area contributed by atoms with Gasteiger partial charge >= 0.3 is 12.1 Å². The van der Waals surface area contributed by atoms with Crippen molar-refractivity contribution in [1.82, 2.24) is 4.98 Å². The van der Waals surface area contributed by atoms with E-state index < -0.39 is 41.3 Å². The summed E-state index contributed by atoms with van der Waals surface area (Å²) in [5.74, 6) is -3.28. The van der Waals surface area contributed by atoms with Crippen molar-refractivity contribution in [2.75, 3.05) is 6.61 Å². The minimum Gasteiger partial charge on any atom is -0.462 e. The van der Waals surface area contributed by atoms with Crippen LogP contribution in [-0.4, -0.2) is 17.6 Å². The average Bonchev–Trinajstić information content (AvgIpc) is 2.27. The Morgan fingerprint density at radius 1 is 1.42 bits per heavy atom. The highest BCUT2D eigenvalue weighted by Crippen LogP contribution is 2.32. The minimum absolute atomic E-state index is 0.0409. The summed E-state index contributed by atoms with van der Waals surface area (Å²) in [7, 11) is 0. The van der Waals surface area contributed by atoms with E-state index in [9.17, 15) is 31.1 Å². The van der Waals surface area contributed by atoms with Crippen LogP contribution in [0.1, 0.15) is 35.1 Å². The molecule has 0 bridgehead atoms. The summed E-state index contributed by atoms with van der Waals surface area (Å²) >= 11 is 0. The molecule has 106 valence electrons. The monoisotopic (exact) mass is 287 g/mol. The number of pyridine rings is 1. The first-order valence-corrected chi connectivity index (χ1v) is 4.91. The number of hydrogen-bond donors (Lipinski definition) is 0. The van der Waals surface area contributed by atoms with Crippen molar-refractivity contribution in [2.24, 2.45) is 0 Å². The van der Waals surface area contributed by atoms with Crippen molar-refractivity contribution < 1.29 is 35.9 Å². The zero-order valence-electron chi connectivity index (χ0n) is 9.39. The quantitative estimate of drug-likeness (QED) is 0.632. The van der Waals surface area contributed by atoms with Gasteiger partial charge in [-0.05, 0) is 13.0 Å². The molecule has 0 fully saturated rings. The van der Waals surface area contributed by atoms with Crippen molar-refractivity contribution in [3.63, 3.8) is 0 Å². The van der Waals surface area contributed by atoms with Crippen LogP contribution in [0.25, 0.3) is 0 Å². The van der Waals surface area contributed by atoms with Crippen molar-refractivity contribution >= 4 is 5.97 Å². The Kier molecular flexibility index (Phi) is 4.38. The fourth-order valence-electron chi connectivity index (χ4n) is 1.20. The van der Waals surface area contributed by atoms with Gasteiger partial charge in [0.1, 0.15) is 11.4 Å². The highest BCUT2D eigenvalue weighted by Gasteiger charge is 2.36. The SMILES string of the molecule is CCOC(=O)c1cc(C(F)(F)F)nc(C(F)F)c1F. The summed E-state index contributed by atoms with van der Waals surface area (Å²) < 4.78 is 79.8. The lowest BCUT2D eigenvalue weighted by molar-refractivity contribution is -0.141. The maximum atomic E-state index is 13.5. The number of ether oxygens (including phenoxy) is 1. The van der Waals surface area contributed by atoms with Gasteiger partial charge in [0.25, 0.3) is 6.43 Å². The second kappa shape index (κ2) is 5.45. The summed E-state index contributed by atoms with van der Waals surface area (Å²) in [4.78, 5) is 13.7. The van der Waals surface area contributed by atoms with Crippen LogP contribution in [0.15, 0.2) is 6.07 Å². The first-order chi connectivity index (χ1) is 8.68. The highest BCUT2D eigenvalue weighted by atomic mass is 19.4. The fourth-order valence-corrected chi connectivity index (χ4v) is 1.20. The molecular weight excluding hydrogens is 280 g/mol. The Hall–Kier alpha value is -1.80. The summed E-state index contributed by atoms with van der Waals surface area (Å²) in [5.41, 5.74) is -4.75. The molecule has 1 rings (SSSR count). The van der Waals surface area contributed by atoms with Gasteiger partial charge in [-0.2, -0.15) is 13.2 Å². The zero-order valence-corrected chi connectivity index (χ0v) is 9.39. The third-order valence-electron chi connectivity index (χ3n) is 1.98. The summed E-state index contributed by atoms with van der Waals surface area (Å²) in [6.07, 6.45) is -8.67. The van der Waals surface area contributed by atoms with E-state index in [1.54, 1.807) is 0 Å². The Morgan fingerprint density at radius 2 is 2.00 bits per heavy atom. The van der Waals surface area contributed by atoms with Crippen LogP contribution in [0.3, 0.4) is 0 Å². The molecule has 0 aromatic carbocycles. The molecule has 0 aliphatic carbocycles. The Balaban J connectivity index is 3.45. The van der Waals surface area contributed by atoms with E-state index in [2.05, 4.69) is 9.72 Å². The van der Waals surface area contributed by atoms with Gasteiger partial charge in [0.2, 0.25) is 0 Å². The Labute approximate surface area is 103 Å². The molecule has 0 spiro atoms. The van der Waals surface area contributed by atoms with Gasteiger partial charge in [-0.25, -0.2) is 22.9 Å². The van der Waals surface area contributed by atoms with Crippen LogP contribution in [0.2, 0.25) is 0 Å². The maximum absolute atomic E-state index is 13.5. The van der Waals surface area contributed by atoms with Crippen LogP contribution in [-0.2, 0) is 10.9 Å². The van der Waals surface area contributed by atoms with Crippen LogP contribution in [0, 0.1) is 5.82 Å². The van der Waals surface area contributed by atoms with Crippen molar-refractivity contribution in [2.45, 2.75) is 19.5 Å². The minimum atomic E-state index is -5.08. The lowest BCUT2D eigenvalue weighted by atomic mass is 10.1. The molecule has 0 saturated carbocycles. The van der Waals surface area contributed by atoms with Crippen LogP contribution < -0.4 is 0 Å². The summed E-state index contributed by atoms with van der Waals surface area (Å²) in [5, 5.41) is 0. The molecule has 0 saturated heterocycles. The number of esters is 1. The van der Waals surface area contributed by atoms with Gasteiger partial charge in [0.15, 0.2) is 5.82 Å². The van der Waals surface area contributed by atoms with Crippen molar-refractivity contribution in [3.05, 3.63) is 28.8 Å². The maximum Gasteiger partial charge on any atom is 0.433 e. The lowest BCUT2D eigenvalue weighted by Gasteiger charge is -2.11. The molecule has 0 aliphatic heterocycles. The van der Waals surface area contributed by atoms with Crippen LogP contribution in [0.5, 0.6) is 0 Å². The fraction of sp³-hybridized carbons (Fsp3) is 0.400. The van der Waals surface area contributed by atoms with Gasteiger partial charge in [-0.15, -0.1) is 0 Å². The molecule has 19 heavy (non-hydrogen) atoms. The van der Waals surface area contributed by atoms with Crippen molar-refractivity contribution in [3.8, 4) is 0 Å².